The van der Waals surface area contributed by atoms with Crippen LogP contribution in [0, 0.1) is 0 Å². The topological polar surface area (TPSA) is 21.3 Å². The zero-order valence-electron chi connectivity index (χ0n) is 33.9. The zero-order valence-corrected chi connectivity index (χ0v) is 33.9. The second-order valence-corrected chi connectivity index (χ2v) is 17.0. The van der Waals surface area contributed by atoms with Crippen molar-refractivity contribution in [2.45, 2.75) is 25.2 Å². The number of fused-ring (bicyclic) bond motifs is 16. The van der Waals surface area contributed by atoms with Crippen molar-refractivity contribution in [2.24, 2.45) is 0 Å². The number of hydrogen-bond acceptors (Lipinski definition) is 2. The van der Waals surface area contributed by atoms with Gasteiger partial charge in [-0.2, -0.15) is 0 Å². The molecule has 2 heterocycles. The standard InChI is InChI=1S/C58H40N2O/c1-36(2)37-16-13-17-38(34-37)59-51-27-11-6-22-46(51)56-52(59)28-15-29-53(56)60(54-30-14-23-45-44-21-7-12-31-55(44)61-57(45)54)39-32-33-43-42-20-5-10-26-49(42)58(50(43)35-39)47-24-8-3-18-40(47)41-19-4-9-25-48(41)58/h3-36H,1-2H3. The van der Waals surface area contributed by atoms with Crippen LogP contribution in [0.25, 0.3) is 71.7 Å². The Morgan fingerprint density at radius 2 is 1.03 bits per heavy atom. The summed E-state index contributed by atoms with van der Waals surface area (Å²) < 4.78 is 9.35. The van der Waals surface area contributed by atoms with Crippen molar-refractivity contribution in [3.63, 3.8) is 0 Å². The van der Waals surface area contributed by atoms with Gasteiger partial charge in [0.1, 0.15) is 5.58 Å². The van der Waals surface area contributed by atoms with E-state index in [-0.39, 0.29) is 0 Å². The van der Waals surface area contributed by atoms with E-state index in [1.165, 1.54) is 66.4 Å². The van der Waals surface area contributed by atoms with Crippen molar-refractivity contribution in [3.05, 3.63) is 228 Å². The highest BCUT2D eigenvalue weighted by atomic mass is 16.3. The maximum atomic E-state index is 6.90. The van der Waals surface area contributed by atoms with Gasteiger partial charge < -0.3 is 13.9 Å². The Hall–Kier alpha value is -7.62. The lowest BCUT2D eigenvalue weighted by atomic mass is 9.70. The van der Waals surface area contributed by atoms with Gasteiger partial charge in [-0.3, -0.25) is 0 Å². The van der Waals surface area contributed by atoms with E-state index in [1.54, 1.807) is 0 Å². The summed E-state index contributed by atoms with van der Waals surface area (Å²) in [5, 5.41) is 4.60. The van der Waals surface area contributed by atoms with E-state index >= 15 is 0 Å². The van der Waals surface area contributed by atoms with Gasteiger partial charge >= 0.3 is 0 Å². The minimum Gasteiger partial charge on any atom is -0.454 e. The number of aromatic nitrogens is 1. The normalized spacial score (nSPS) is 13.4. The highest BCUT2D eigenvalue weighted by Gasteiger charge is 2.51. The SMILES string of the molecule is CC(C)c1cccc(-n2c3ccccc3c3c(N(c4ccc5c(c4)C4(c6ccccc6-c6ccccc64)c4ccccc4-5)c4cccc5c4oc4ccccc45)cccc32)c1. The Morgan fingerprint density at radius 3 is 1.77 bits per heavy atom. The summed E-state index contributed by atoms with van der Waals surface area (Å²) >= 11 is 0. The van der Waals surface area contributed by atoms with E-state index < -0.39 is 5.41 Å². The Balaban J connectivity index is 1.14. The van der Waals surface area contributed by atoms with Gasteiger partial charge in [-0.1, -0.05) is 159 Å². The minimum atomic E-state index is -0.477. The van der Waals surface area contributed by atoms with E-state index in [0.29, 0.717) is 5.92 Å². The van der Waals surface area contributed by atoms with E-state index in [0.717, 1.165) is 50.2 Å². The van der Waals surface area contributed by atoms with Gasteiger partial charge in [0.25, 0.3) is 0 Å². The van der Waals surface area contributed by atoms with E-state index in [1.807, 2.05) is 0 Å². The number of rotatable bonds is 5. The number of hydrogen-bond donors (Lipinski definition) is 0. The smallest absolute Gasteiger partial charge is 0.159 e. The van der Waals surface area contributed by atoms with Crippen molar-refractivity contribution in [3.8, 4) is 27.9 Å². The molecule has 0 saturated carbocycles. The molecule has 2 aromatic heterocycles. The van der Waals surface area contributed by atoms with Crippen molar-refractivity contribution in [2.75, 3.05) is 4.90 Å². The zero-order chi connectivity index (χ0) is 40.4. The van der Waals surface area contributed by atoms with Crippen LogP contribution in [0.3, 0.4) is 0 Å². The number of para-hydroxylation sites is 3. The Labute approximate surface area is 354 Å². The molecule has 0 radical (unpaired) electrons. The summed E-state index contributed by atoms with van der Waals surface area (Å²) in [5.74, 6) is 0.413. The van der Waals surface area contributed by atoms with Crippen LogP contribution in [-0.2, 0) is 5.41 Å². The average molecular weight is 781 g/mol. The average Bonchev–Trinajstić information content (AvgIpc) is 4.03. The highest BCUT2D eigenvalue weighted by molar-refractivity contribution is 6.18. The Bertz CT molecular complexity index is 3540. The highest BCUT2D eigenvalue weighted by Crippen LogP contribution is 2.63. The summed E-state index contributed by atoms with van der Waals surface area (Å²) in [6, 6.07) is 74.0. The number of furan rings is 1. The van der Waals surface area contributed by atoms with Gasteiger partial charge in [0.05, 0.1) is 27.8 Å². The first kappa shape index (κ1) is 34.3. The minimum absolute atomic E-state index is 0.413. The number of benzene rings is 9. The van der Waals surface area contributed by atoms with Crippen LogP contribution in [0.5, 0.6) is 0 Å². The van der Waals surface area contributed by atoms with Crippen LogP contribution in [0.15, 0.2) is 205 Å². The molecule has 13 rings (SSSR count). The van der Waals surface area contributed by atoms with Gasteiger partial charge in [0, 0.05) is 32.9 Å². The fraction of sp³-hybridized carbons (Fsp3) is 0.0690. The van der Waals surface area contributed by atoms with E-state index in [9.17, 15) is 0 Å². The second kappa shape index (κ2) is 12.7. The third kappa shape index (κ3) is 4.58. The van der Waals surface area contributed by atoms with Crippen LogP contribution >= 0.6 is 0 Å². The van der Waals surface area contributed by atoms with Crippen molar-refractivity contribution >= 4 is 60.8 Å². The molecule has 3 heteroatoms. The largest absolute Gasteiger partial charge is 0.454 e. The summed E-state index contributed by atoms with van der Waals surface area (Å²) in [6.45, 7) is 4.53. The van der Waals surface area contributed by atoms with Crippen LogP contribution in [0.2, 0.25) is 0 Å². The van der Waals surface area contributed by atoms with Crippen LogP contribution in [0.4, 0.5) is 17.1 Å². The van der Waals surface area contributed by atoms with E-state index in [2.05, 4.69) is 224 Å². The fourth-order valence-electron chi connectivity index (χ4n) is 11.0. The summed E-state index contributed by atoms with van der Waals surface area (Å²) in [6.07, 6.45) is 0. The molecule has 0 N–H and O–H groups in total. The molecule has 288 valence electrons. The van der Waals surface area contributed by atoms with Crippen LogP contribution < -0.4 is 4.90 Å². The molecule has 1 spiro atoms. The predicted molar refractivity (Wildman–Crippen MR) is 253 cm³/mol. The van der Waals surface area contributed by atoms with Crippen LogP contribution in [0.1, 0.15) is 47.6 Å². The third-order valence-corrected chi connectivity index (χ3v) is 13.6. The second-order valence-electron chi connectivity index (χ2n) is 17.0. The Kier molecular flexibility index (Phi) is 7.13. The van der Waals surface area contributed by atoms with Gasteiger partial charge in [0.2, 0.25) is 0 Å². The molecule has 2 aliphatic carbocycles. The molecule has 2 aliphatic rings. The van der Waals surface area contributed by atoms with Crippen molar-refractivity contribution in [1.82, 2.24) is 4.57 Å². The van der Waals surface area contributed by atoms with Crippen molar-refractivity contribution in [1.29, 1.82) is 0 Å². The van der Waals surface area contributed by atoms with Crippen molar-refractivity contribution < 1.29 is 4.42 Å². The summed E-state index contributed by atoms with van der Waals surface area (Å²) in [7, 11) is 0. The van der Waals surface area contributed by atoms with Gasteiger partial charge in [-0.25, -0.2) is 0 Å². The lowest BCUT2D eigenvalue weighted by molar-refractivity contribution is 0.669. The molecule has 0 aliphatic heterocycles. The quantitative estimate of drug-likeness (QED) is 0.173. The molecule has 0 saturated heterocycles. The first-order valence-corrected chi connectivity index (χ1v) is 21.4. The fourth-order valence-corrected chi connectivity index (χ4v) is 11.0. The van der Waals surface area contributed by atoms with Crippen LogP contribution in [-0.4, -0.2) is 4.57 Å². The maximum absolute atomic E-state index is 6.90. The lowest BCUT2D eigenvalue weighted by Crippen LogP contribution is -2.26. The molecule has 0 fully saturated rings. The first-order chi connectivity index (χ1) is 30.1. The van der Waals surface area contributed by atoms with E-state index in [4.69, 9.17) is 4.42 Å². The molecule has 0 amide bonds. The van der Waals surface area contributed by atoms with Gasteiger partial charge in [-0.15, -0.1) is 0 Å². The monoisotopic (exact) mass is 780 g/mol. The molecule has 9 aromatic carbocycles. The molecule has 11 aromatic rings. The predicted octanol–water partition coefficient (Wildman–Crippen LogP) is 15.6. The molecule has 61 heavy (non-hydrogen) atoms. The van der Waals surface area contributed by atoms with Gasteiger partial charge in [-0.05, 0) is 111 Å². The molecular weight excluding hydrogens is 741 g/mol. The molecule has 0 unspecified atom stereocenters. The summed E-state index contributed by atoms with van der Waals surface area (Å²) in [4.78, 5) is 2.47. The molecule has 0 bridgehead atoms. The number of nitrogens with zero attached hydrogens (tertiary/aromatic N) is 2. The number of anilines is 3. The maximum Gasteiger partial charge on any atom is 0.159 e. The molecule has 3 nitrogen and oxygen atoms in total. The first-order valence-electron chi connectivity index (χ1n) is 21.4. The molecular formula is C58H40N2O. The lowest BCUT2D eigenvalue weighted by Gasteiger charge is -2.32. The summed E-state index contributed by atoms with van der Waals surface area (Å²) in [5.41, 5.74) is 19.7. The Morgan fingerprint density at radius 1 is 0.459 bits per heavy atom. The van der Waals surface area contributed by atoms with Gasteiger partial charge in [0.15, 0.2) is 5.58 Å². The third-order valence-electron chi connectivity index (χ3n) is 13.6. The molecule has 0 atom stereocenters.